The Kier molecular flexibility index (Phi) is 3.87. The summed E-state index contributed by atoms with van der Waals surface area (Å²) >= 11 is 0. The summed E-state index contributed by atoms with van der Waals surface area (Å²) in [5, 5.41) is 14.7. The zero-order valence-electron chi connectivity index (χ0n) is 11.8. The predicted molar refractivity (Wildman–Crippen MR) is 86.4 cm³/mol. The molecule has 1 heterocycles. The fourth-order valence-corrected chi connectivity index (χ4v) is 2.21. The molecule has 0 saturated carbocycles. The van der Waals surface area contributed by atoms with Crippen molar-refractivity contribution < 1.29 is 0 Å². The van der Waals surface area contributed by atoms with E-state index in [2.05, 4.69) is 39.8 Å². The quantitative estimate of drug-likeness (QED) is 0.581. The fraction of sp³-hybridized carbons (Fsp3) is 0.118. The highest BCUT2D eigenvalue weighted by atomic mass is 15.3. The number of nitrogens with one attached hydrogen (secondary N) is 1. The topological polar surface area (TPSA) is 50.2 Å². The molecular formula is C17H16N4. The molecular weight excluding hydrogens is 260 g/mol. The number of hydrogen-bond acceptors (Lipinski definition) is 4. The largest absolute Gasteiger partial charge is 0.259 e. The molecule has 21 heavy (non-hydrogen) atoms. The van der Waals surface area contributed by atoms with E-state index in [1.165, 1.54) is 0 Å². The van der Waals surface area contributed by atoms with E-state index in [-0.39, 0.29) is 0 Å². The summed E-state index contributed by atoms with van der Waals surface area (Å²) < 4.78 is 0. The molecule has 0 radical (unpaired) electrons. The molecule has 3 rings (SSSR count). The van der Waals surface area contributed by atoms with E-state index in [0.29, 0.717) is 5.82 Å². The summed E-state index contributed by atoms with van der Waals surface area (Å²) in [4.78, 5) is 0. The van der Waals surface area contributed by atoms with Crippen molar-refractivity contribution in [3.63, 3.8) is 0 Å². The second-order valence-corrected chi connectivity index (χ2v) is 4.67. The summed E-state index contributed by atoms with van der Waals surface area (Å²) in [7, 11) is 0. The van der Waals surface area contributed by atoms with Crippen molar-refractivity contribution in [2.24, 2.45) is 5.10 Å². The number of rotatable bonds is 4. The Morgan fingerprint density at radius 1 is 1.05 bits per heavy atom. The Morgan fingerprint density at radius 2 is 1.81 bits per heavy atom. The van der Waals surface area contributed by atoms with Crippen molar-refractivity contribution in [2.45, 2.75) is 13.3 Å². The van der Waals surface area contributed by atoms with E-state index in [4.69, 9.17) is 0 Å². The average Bonchev–Trinajstić information content (AvgIpc) is 2.56. The monoisotopic (exact) mass is 276 g/mol. The van der Waals surface area contributed by atoms with Gasteiger partial charge in [-0.15, -0.1) is 5.10 Å². The Morgan fingerprint density at radius 3 is 2.62 bits per heavy atom. The van der Waals surface area contributed by atoms with E-state index in [0.717, 1.165) is 28.5 Å². The van der Waals surface area contributed by atoms with Crippen LogP contribution in [0.25, 0.3) is 10.8 Å². The van der Waals surface area contributed by atoms with E-state index >= 15 is 0 Å². The van der Waals surface area contributed by atoms with Crippen molar-refractivity contribution in [3.8, 4) is 0 Å². The lowest BCUT2D eigenvalue weighted by atomic mass is 10.1. The summed E-state index contributed by atoms with van der Waals surface area (Å²) in [6.07, 6.45) is 2.59. The highest BCUT2D eigenvalue weighted by molar-refractivity contribution is 6.01. The average molecular weight is 276 g/mol. The maximum absolute atomic E-state index is 4.50. The standard InChI is InChI=1S/C17H16N4/c1-2-16(13-8-4-3-5-9-13)19-21-17-15-11-7-6-10-14(15)12-18-20-17/h3-12H,2H2,1H3,(H,20,21)/b19-16+. The minimum atomic E-state index is 0.676. The lowest BCUT2D eigenvalue weighted by molar-refractivity contribution is 1.04. The Bertz CT molecular complexity index is 761. The minimum Gasteiger partial charge on any atom is -0.259 e. The molecule has 0 spiro atoms. The lowest BCUT2D eigenvalue weighted by Crippen LogP contribution is -2.04. The van der Waals surface area contributed by atoms with Gasteiger partial charge in [0.05, 0.1) is 11.9 Å². The zero-order valence-corrected chi connectivity index (χ0v) is 11.8. The zero-order chi connectivity index (χ0) is 14.5. The number of fused-ring (bicyclic) bond motifs is 1. The third kappa shape index (κ3) is 2.89. The van der Waals surface area contributed by atoms with Crippen LogP contribution in [-0.4, -0.2) is 15.9 Å². The van der Waals surface area contributed by atoms with Gasteiger partial charge in [0.1, 0.15) is 0 Å². The first kappa shape index (κ1) is 13.2. The van der Waals surface area contributed by atoms with Gasteiger partial charge in [-0.2, -0.15) is 10.2 Å². The SMILES string of the molecule is CC/C(=N\Nc1nncc2ccccc12)c1ccccc1. The molecule has 1 aromatic heterocycles. The van der Waals surface area contributed by atoms with Crippen LogP contribution in [0.2, 0.25) is 0 Å². The first-order valence-corrected chi connectivity index (χ1v) is 6.97. The van der Waals surface area contributed by atoms with Gasteiger partial charge < -0.3 is 0 Å². The first-order valence-electron chi connectivity index (χ1n) is 6.97. The molecule has 0 aliphatic heterocycles. The van der Waals surface area contributed by atoms with Gasteiger partial charge in [0.15, 0.2) is 5.82 Å². The highest BCUT2D eigenvalue weighted by Gasteiger charge is 2.03. The van der Waals surface area contributed by atoms with Gasteiger partial charge in [0.2, 0.25) is 0 Å². The van der Waals surface area contributed by atoms with Crippen LogP contribution in [0.4, 0.5) is 5.82 Å². The van der Waals surface area contributed by atoms with Gasteiger partial charge >= 0.3 is 0 Å². The molecule has 3 aromatic rings. The molecule has 0 unspecified atom stereocenters. The predicted octanol–water partition coefficient (Wildman–Crippen LogP) is 3.86. The molecule has 0 amide bonds. The molecule has 4 heteroatoms. The molecule has 0 aliphatic rings. The second kappa shape index (κ2) is 6.13. The van der Waals surface area contributed by atoms with E-state index in [9.17, 15) is 0 Å². The first-order chi connectivity index (χ1) is 10.4. The smallest absolute Gasteiger partial charge is 0.176 e. The van der Waals surface area contributed by atoms with Gasteiger partial charge in [-0.05, 0) is 12.0 Å². The summed E-state index contributed by atoms with van der Waals surface area (Å²) in [6, 6.07) is 18.1. The molecule has 0 aliphatic carbocycles. The van der Waals surface area contributed by atoms with Crippen molar-refractivity contribution >= 4 is 22.3 Å². The van der Waals surface area contributed by atoms with Crippen molar-refractivity contribution in [3.05, 3.63) is 66.4 Å². The van der Waals surface area contributed by atoms with Gasteiger partial charge in [0, 0.05) is 10.8 Å². The number of nitrogens with zero attached hydrogens (tertiary/aromatic N) is 3. The van der Waals surface area contributed by atoms with Gasteiger partial charge in [-0.1, -0.05) is 61.5 Å². The number of hydrogen-bond donors (Lipinski definition) is 1. The Balaban J connectivity index is 1.93. The molecule has 2 aromatic carbocycles. The maximum atomic E-state index is 4.50. The molecule has 0 saturated heterocycles. The number of anilines is 1. The molecule has 0 fully saturated rings. The van der Waals surface area contributed by atoms with Crippen LogP contribution in [0, 0.1) is 0 Å². The molecule has 0 bridgehead atoms. The Labute approximate surface area is 123 Å². The number of hydrazone groups is 1. The fourth-order valence-electron chi connectivity index (χ4n) is 2.21. The number of benzene rings is 2. The van der Waals surface area contributed by atoms with Crippen molar-refractivity contribution in [1.82, 2.24) is 10.2 Å². The van der Waals surface area contributed by atoms with E-state index in [1.54, 1.807) is 6.20 Å². The molecule has 1 N–H and O–H groups in total. The number of aromatic nitrogens is 2. The maximum Gasteiger partial charge on any atom is 0.176 e. The van der Waals surface area contributed by atoms with Crippen LogP contribution in [0.15, 0.2) is 65.9 Å². The summed E-state index contributed by atoms with van der Waals surface area (Å²) in [6.45, 7) is 2.09. The molecule has 4 nitrogen and oxygen atoms in total. The van der Waals surface area contributed by atoms with Gasteiger partial charge in [0.25, 0.3) is 0 Å². The Hall–Kier alpha value is -2.75. The van der Waals surface area contributed by atoms with Crippen LogP contribution < -0.4 is 5.43 Å². The van der Waals surface area contributed by atoms with Crippen LogP contribution >= 0.6 is 0 Å². The highest BCUT2D eigenvalue weighted by Crippen LogP contribution is 2.19. The van der Waals surface area contributed by atoms with E-state index in [1.807, 2.05) is 42.5 Å². The van der Waals surface area contributed by atoms with Gasteiger partial charge in [-0.3, -0.25) is 5.43 Å². The van der Waals surface area contributed by atoms with Crippen LogP contribution in [0.5, 0.6) is 0 Å². The van der Waals surface area contributed by atoms with Crippen LogP contribution in [-0.2, 0) is 0 Å². The lowest BCUT2D eigenvalue weighted by Gasteiger charge is -2.06. The molecule has 104 valence electrons. The third-order valence-corrected chi connectivity index (χ3v) is 3.31. The van der Waals surface area contributed by atoms with Crippen LogP contribution in [0.3, 0.4) is 0 Å². The van der Waals surface area contributed by atoms with Crippen molar-refractivity contribution in [1.29, 1.82) is 0 Å². The minimum absolute atomic E-state index is 0.676. The van der Waals surface area contributed by atoms with Crippen molar-refractivity contribution in [2.75, 3.05) is 5.43 Å². The van der Waals surface area contributed by atoms with Gasteiger partial charge in [-0.25, -0.2) is 0 Å². The van der Waals surface area contributed by atoms with Crippen LogP contribution in [0.1, 0.15) is 18.9 Å². The summed E-state index contributed by atoms with van der Waals surface area (Å²) in [5.41, 5.74) is 5.15. The normalized spacial score (nSPS) is 11.6. The third-order valence-electron chi connectivity index (χ3n) is 3.31. The molecule has 0 atom stereocenters. The van der Waals surface area contributed by atoms with E-state index < -0.39 is 0 Å². The second-order valence-electron chi connectivity index (χ2n) is 4.67. The summed E-state index contributed by atoms with van der Waals surface area (Å²) in [5.74, 6) is 0.676.